The maximum absolute atomic E-state index is 12.7. The van der Waals surface area contributed by atoms with Gasteiger partial charge in [0.05, 0.1) is 22.3 Å². The number of hydrogen-bond donors (Lipinski definition) is 1. The summed E-state index contributed by atoms with van der Waals surface area (Å²) in [6.45, 7) is 7.06. The minimum absolute atomic E-state index is 0.0533. The molecule has 182 valence electrons. The maximum atomic E-state index is 12.7. The molecule has 1 aliphatic rings. The molecule has 0 aromatic heterocycles. The predicted octanol–water partition coefficient (Wildman–Crippen LogP) is 6.35. The van der Waals surface area contributed by atoms with Crippen molar-refractivity contribution in [2.45, 2.75) is 26.2 Å². The topological polar surface area (TPSA) is 67.9 Å². The fourth-order valence-corrected chi connectivity index (χ4v) is 3.97. The molecule has 3 aromatic carbocycles. The Balaban J connectivity index is 1.44. The molecule has 6 nitrogen and oxygen atoms in total. The Morgan fingerprint density at radius 3 is 2.46 bits per heavy atom. The molecule has 8 heteroatoms. The van der Waals surface area contributed by atoms with E-state index in [0.29, 0.717) is 45.9 Å². The number of amides is 2. The molecule has 2 amide bonds. The second kappa shape index (κ2) is 10.2. The Bertz CT molecular complexity index is 1250. The van der Waals surface area contributed by atoms with Crippen molar-refractivity contribution in [3.05, 3.63) is 81.8 Å². The smallest absolute Gasteiger partial charge is 0.265 e. The van der Waals surface area contributed by atoms with E-state index in [9.17, 15) is 9.59 Å². The molecule has 4 rings (SSSR count). The lowest BCUT2D eigenvalue weighted by Gasteiger charge is -2.29. The molecule has 0 bridgehead atoms. The summed E-state index contributed by atoms with van der Waals surface area (Å²) in [7, 11) is 0. The Labute approximate surface area is 214 Å². The third-order valence-electron chi connectivity index (χ3n) is 5.65. The first-order valence-electron chi connectivity index (χ1n) is 11.2. The van der Waals surface area contributed by atoms with Crippen molar-refractivity contribution >= 4 is 46.4 Å². The van der Waals surface area contributed by atoms with Crippen LogP contribution in [0.5, 0.6) is 11.5 Å². The average Bonchev–Trinajstić information content (AvgIpc) is 2.82. The summed E-state index contributed by atoms with van der Waals surface area (Å²) in [4.78, 5) is 26.9. The summed E-state index contributed by atoms with van der Waals surface area (Å²) in [5, 5.41) is 3.49. The summed E-state index contributed by atoms with van der Waals surface area (Å²) in [6.07, 6.45) is 0. The molecular formula is C27H26Cl2N2O4. The van der Waals surface area contributed by atoms with Crippen molar-refractivity contribution in [1.82, 2.24) is 0 Å². The van der Waals surface area contributed by atoms with Crippen LogP contribution in [0.15, 0.2) is 60.7 Å². The van der Waals surface area contributed by atoms with Crippen LogP contribution < -0.4 is 19.7 Å². The minimum Gasteiger partial charge on any atom is -0.492 e. The number of halogens is 2. The van der Waals surface area contributed by atoms with Crippen LogP contribution in [-0.2, 0) is 10.2 Å². The predicted molar refractivity (Wildman–Crippen MR) is 139 cm³/mol. The summed E-state index contributed by atoms with van der Waals surface area (Å²) in [5.74, 6) is 0.769. The number of ether oxygens (including phenoxy) is 2. The van der Waals surface area contributed by atoms with Crippen molar-refractivity contribution in [3.63, 3.8) is 0 Å². The molecule has 0 fully saturated rings. The molecule has 3 aromatic rings. The molecule has 0 aliphatic carbocycles. The first kappa shape index (κ1) is 24.9. The highest BCUT2D eigenvalue weighted by molar-refractivity contribution is 6.42. The highest BCUT2D eigenvalue weighted by atomic mass is 35.5. The fourth-order valence-electron chi connectivity index (χ4n) is 3.67. The summed E-state index contributed by atoms with van der Waals surface area (Å²) in [5.41, 5.74) is 2.74. The molecule has 1 heterocycles. The normalized spacial score (nSPS) is 13.2. The van der Waals surface area contributed by atoms with Crippen LogP contribution in [0.25, 0.3) is 0 Å². The summed E-state index contributed by atoms with van der Waals surface area (Å²) >= 11 is 12.0. The van der Waals surface area contributed by atoms with Gasteiger partial charge in [-0.2, -0.15) is 0 Å². The van der Waals surface area contributed by atoms with Crippen LogP contribution in [-0.4, -0.2) is 31.6 Å². The van der Waals surface area contributed by atoms with Gasteiger partial charge >= 0.3 is 0 Å². The Morgan fingerprint density at radius 1 is 1.03 bits per heavy atom. The lowest BCUT2D eigenvalue weighted by molar-refractivity contribution is -0.121. The number of benzene rings is 3. The van der Waals surface area contributed by atoms with Crippen molar-refractivity contribution in [3.8, 4) is 11.5 Å². The molecule has 0 radical (unpaired) electrons. The van der Waals surface area contributed by atoms with Gasteiger partial charge in [0, 0.05) is 11.3 Å². The molecular weight excluding hydrogens is 487 g/mol. The van der Waals surface area contributed by atoms with E-state index in [2.05, 4.69) is 26.1 Å². The Morgan fingerprint density at radius 2 is 1.77 bits per heavy atom. The highest BCUT2D eigenvalue weighted by Gasteiger charge is 2.26. The second-order valence-electron chi connectivity index (χ2n) is 9.22. The molecule has 0 unspecified atom stereocenters. The minimum atomic E-state index is -0.347. The first-order valence-corrected chi connectivity index (χ1v) is 11.9. The van der Waals surface area contributed by atoms with Gasteiger partial charge in [-0.3, -0.25) is 9.59 Å². The van der Waals surface area contributed by atoms with Gasteiger partial charge < -0.3 is 19.7 Å². The second-order valence-corrected chi connectivity index (χ2v) is 10.0. The third-order valence-corrected chi connectivity index (χ3v) is 6.38. The average molecular weight is 513 g/mol. The fraction of sp³-hybridized carbons (Fsp3) is 0.259. The van der Waals surface area contributed by atoms with E-state index in [-0.39, 0.29) is 23.8 Å². The summed E-state index contributed by atoms with van der Waals surface area (Å²) in [6, 6.07) is 17.8. The maximum Gasteiger partial charge on any atom is 0.265 e. The number of carbonyl (C=O) groups is 2. The molecule has 0 saturated heterocycles. The van der Waals surface area contributed by atoms with Gasteiger partial charge in [-0.05, 0) is 59.5 Å². The molecule has 1 N–H and O–H groups in total. The Kier molecular flexibility index (Phi) is 7.24. The lowest BCUT2D eigenvalue weighted by atomic mass is 9.87. The molecule has 0 atom stereocenters. The van der Waals surface area contributed by atoms with Crippen LogP contribution >= 0.6 is 23.2 Å². The first-order chi connectivity index (χ1) is 16.6. The van der Waals surface area contributed by atoms with Crippen molar-refractivity contribution in [1.29, 1.82) is 0 Å². The van der Waals surface area contributed by atoms with E-state index >= 15 is 0 Å². The molecule has 0 spiro atoms. The SMILES string of the molecule is CC(C)(C)c1ccc(OCCN2C(=O)COc3ccc(NC(=O)c4ccc(Cl)c(Cl)c4)cc32)cc1. The number of carbonyl (C=O) groups excluding carboxylic acids is 2. The van der Waals surface area contributed by atoms with E-state index in [1.165, 1.54) is 11.6 Å². The van der Waals surface area contributed by atoms with E-state index < -0.39 is 0 Å². The molecule has 35 heavy (non-hydrogen) atoms. The van der Waals surface area contributed by atoms with Gasteiger partial charge in [0.25, 0.3) is 11.8 Å². The lowest BCUT2D eigenvalue weighted by Crippen LogP contribution is -2.41. The van der Waals surface area contributed by atoms with Gasteiger partial charge in [0.2, 0.25) is 0 Å². The standard InChI is InChI=1S/C27H26Cl2N2O4/c1-27(2,3)18-5-8-20(9-6-18)34-13-12-31-23-15-19(7-11-24(23)35-16-25(31)32)30-26(33)17-4-10-21(28)22(29)14-17/h4-11,14-15H,12-13,16H2,1-3H3,(H,30,33). The van der Waals surface area contributed by atoms with E-state index in [1.54, 1.807) is 35.2 Å². The number of rotatable bonds is 6. The van der Waals surface area contributed by atoms with E-state index in [1.807, 2.05) is 24.3 Å². The monoisotopic (exact) mass is 512 g/mol. The van der Waals surface area contributed by atoms with Gasteiger partial charge in [-0.1, -0.05) is 56.1 Å². The van der Waals surface area contributed by atoms with Crippen LogP contribution in [0.2, 0.25) is 10.0 Å². The number of nitrogens with one attached hydrogen (secondary N) is 1. The zero-order valence-corrected chi connectivity index (χ0v) is 21.2. The quantitative estimate of drug-likeness (QED) is 0.417. The highest BCUT2D eigenvalue weighted by Crippen LogP contribution is 2.35. The van der Waals surface area contributed by atoms with Crippen molar-refractivity contribution < 1.29 is 19.1 Å². The number of fused-ring (bicyclic) bond motifs is 1. The summed E-state index contributed by atoms with van der Waals surface area (Å²) < 4.78 is 11.5. The van der Waals surface area contributed by atoms with Crippen LogP contribution in [0.4, 0.5) is 11.4 Å². The van der Waals surface area contributed by atoms with Gasteiger partial charge in [0.15, 0.2) is 6.61 Å². The van der Waals surface area contributed by atoms with Crippen LogP contribution in [0.1, 0.15) is 36.7 Å². The van der Waals surface area contributed by atoms with Gasteiger partial charge in [-0.25, -0.2) is 0 Å². The van der Waals surface area contributed by atoms with E-state index in [4.69, 9.17) is 32.7 Å². The van der Waals surface area contributed by atoms with E-state index in [0.717, 1.165) is 5.75 Å². The van der Waals surface area contributed by atoms with Crippen LogP contribution in [0, 0.1) is 0 Å². The zero-order valence-electron chi connectivity index (χ0n) is 19.7. The van der Waals surface area contributed by atoms with Crippen molar-refractivity contribution in [2.24, 2.45) is 0 Å². The van der Waals surface area contributed by atoms with Gasteiger partial charge in [-0.15, -0.1) is 0 Å². The zero-order chi connectivity index (χ0) is 25.2. The van der Waals surface area contributed by atoms with Crippen LogP contribution in [0.3, 0.4) is 0 Å². The van der Waals surface area contributed by atoms with Crippen molar-refractivity contribution in [2.75, 3.05) is 30.0 Å². The van der Waals surface area contributed by atoms with Gasteiger partial charge in [0.1, 0.15) is 18.1 Å². The number of hydrogen-bond acceptors (Lipinski definition) is 4. The molecule has 1 aliphatic heterocycles. The third kappa shape index (κ3) is 5.89. The Hall–Kier alpha value is -3.22. The largest absolute Gasteiger partial charge is 0.492 e. The number of nitrogens with zero attached hydrogens (tertiary/aromatic N) is 1. The molecule has 0 saturated carbocycles. The number of anilines is 2.